The molecule has 4 heteroatoms. The number of nitrogens with zero attached hydrogens (tertiary/aromatic N) is 2. The van der Waals surface area contributed by atoms with Crippen LogP contribution in [-0.4, -0.2) is 30.5 Å². The number of hydrogen-bond acceptors (Lipinski definition) is 3. The summed E-state index contributed by atoms with van der Waals surface area (Å²) in [5.41, 5.74) is 0.460. The molecule has 1 aliphatic heterocycles. The van der Waals surface area contributed by atoms with Gasteiger partial charge in [0.2, 0.25) is 0 Å². The zero-order valence-corrected chi connectivity index (χ0v) is 12.0. The van der Waals surface area contributed by atoms with Crippen LogP contribution in [-0.2, 0) is 4.79 Å². The fourth-order valence-corrected chi connectivity index (χ4v) is 2.47. The average Bonchev–Trinajstić information content (AvgIpc) is 2.95. The van der Waals surface area contributed by atoms with Gasteiger partial charge in [0.15, 0.2) is 6.61 Å². The molecule has 0 radical (unpaired) electrons. The van der Waals surface area contributed by atoms with Gasteiger partial charge in [-0.3, -0.25) is 4.79 Å². The van der Waals surface area contributed by atoms with Crippen molar-refractivity contribution in [1.82, 2.24) is 4.90 Å². The lowest BCUT2D eigenvalue weighted by Crippen LogP contribution is -2.33. The van der Waals surface area contributed by atoms with Gasteiger partial charge in [0.25, 0.3) is 5.91 Å². The van der Waals surface area contributed by atoms with Gasteiger partial charge in [-0.15, -0.1) is 0 Å². The second-order valence-corrected chi connectivity index (χ2v) is 5.53. The van der Waals surface area contributed by atoms with Gasteiger partial charge in [0.1, 0.15) is 11.8 Å². The van der Waals surface area contributed by atoms with Crippen LogP contribution in [0.25, 0.3) is 0 Å². The van der Waals surface area contributed by atoms with Crippen molar-refractivity contribution in [3.05, 3.63) is 29.8 Å². The summed E-state index contributed by atoms with van der Waals surface area (Å²) >= 11 is 0. The normalized spacial score (nSPS) is 18.1. The van der Waals surface area contributed by atoms with Crippen molar-refractivity contribution in [2.75, 3.05) is 19.7 Å². The topological polar surface area (TPSA) is 53.3 Å². The summed E-state index contributed by atoms with van der Waals surface area (Å²) in [6, 6.07) is 9.04. The molecule has 0 bridgehead atoms. The minimum Gasteiger partial charge on any atom is -0.482 e. The molecule has 1 saturated heterocycles. The van der Waals surface area contributed by atoms with E-state index in [2.05, 4.69) is 19.9 Å². The van der Waals surface area contributed by atoms with Gasteiger partial charge in [0, 0.05) is 13.1 Å². The molecule has 106 valence electrons. The van der Waals surface area contributed by atoms with E-state index in [1.807, 2.05) is 4.90 Å². The van der Waals surface area contributed by atoms with Gasteiger partial charge < -0.3 is 9.64 Å². The third-order valence-electron chi connectivity index (χ3n) is 3.88. The first-order valence-corrected chi connectivity index (χ1v) is 7.01. The van der Waals surface area contributed by atoms with Gasteiger partial charge in [-0.2, -0.15) is 5.26 Å². The quantitative estimate of drug-likeness (QED) is 0.846. The molecule has 0 spiro atoms. The van der Waals surface area contributed by atoms with Crippen molar-refractivity contribution in [1.29, 1.82) is 5.26 Å². The number of para-hydroxylation sites is 1. The maximum Gasteiger partial charge on any atom is 0.260 e. The average molecular weight is 272 g/mol. The molecule has 0 aliphatic carbocycles. The summed E-state index contributed by atoms with van der Waals surface area (Å²) in [5, 5.41) is 8.97. The fourth-order valence-electron chi connectivity index (χ4n) is 2.47. The lowest BCUT2D eigenvalue weighted by Gasteiger charge is -2.18. The monoisotopic (exact) mass is 272 g/mol. The van der Waals surface area contributed by atoms with Crippen molar-refractivity contribution >= 4 is 5.91 Å². The highest BCUT2D eigenvalue weighted by Gasteiger charge is 2.28. The number of carbonyl (C=O) groups is 1. The molecule has 1 aliphatic rings. The second kappa shape index (κ2) is 6.42. The SMILES string of the molecule is CC(C)C1CCN(C(=O)COc2ccccc2C#N)C1. The van der Waals surface area contributed by atoms with E-state index in [1.165, 1.54) is 0 Å². The highest BCUT2D eigenvalue weighted by molar-refractivity contribution is 5.78. The molecule has 4 nitrogen and oxygen atoms in total. The van der Waals surface area contributed by atoms with Crippen LogP contribution in [0.1, 0.15) is 25.8 Å². The predicted molar refractivity (Wildman–Crippen MR) is 76.2 cm³/mol. The Morgan fingerprint density at radius 2 is 2.25 bits per heavy atom. The van der Waals surface area contributed by atoms with Crippen LogP contribution in [0.15, 0.2) is 24.3 Å². The van der Waals surface area contributed by atoms with Gasteiger partial charge in [-0.25, -0.2) is 0 Å². The van der Waals surface area contributed by atoms with Crippen molar-refractivity contribution in [3.8, 4) is 11.8 Å². The summed E-state index contributed by atoms with van der Waals surface area (Å²) < 4.78 is 5.48. The van der Waals surface area contributed by atoms with E-state index in [-0.39, 0.29) is 12.5 Å². The molecule has 1 atom stereocenters. The Labute approximate surface area is 120 Å². The molecule has 1 amide bonds. The molecular formula is C16H20N2O2. The molecule has 1 unspecified atom stereocenters. The van der Waals surface area contributed by atoms with Gasteiger partial charge >= 0.3 is 0 Å². The van der Waals surface area contributed by atoms with E-state index in [1.54, 1.807) is 24.3 Å². The number of carbonyl (C=O) groups excluding carboxylic acids is 1. The van der Waals surface area contributed by atoms with E-state index in [0.717, 1.165) is 19.5 Å². The standard InChI is InChI=1S/C16H20N2O2/c1-12(2)14-7-8-18(10-14)16(19)11-20-15-6-4-3-5-13(15)9-17/h3-6,12,14H,7-8,10-11H2,1-2H3. The Bertz CT molecular complexity index is 519. The van der Waals surface area contributed by atoms with Crippen LogP contribution in [0.4, 0.5) is 0 Å². The number of hydrogen-bond donors (Lipinski definition) is 0. The number of nitriles is 1. The van der Waals surface area contributed by atoms with Gasteiger partial charge in [0.05, 0.1) is 5.56 Å². The Hall–Kier alpha value is -2.02. The van der Waals surface area contributed by atoms with E-state index in [9.17, 15) is 4.79 Å². The van der Waals surface area contributed by atoms with Crippen LogP contribution in [0.2, 0.25) is 0 Å². The minimum atomic E-state index is 0.000827. The minimum absolute atomic E-state index is 0.000827. The molecule has 1 aromatic rings. The van der Waals surface area contributed by atoms with E-state index >= 15 is 0 Å². The maximum atomic E-state index is 12.1. The first kappa shape index (κ1) is 14.4. The van der Waals surface area contributed by atoms with Crippen LogP contribution in [0.3, 0.4) is 0 Å². The molecule has 0 saturated carbocycles. The van der Waals surface area contributed by atoms with Crippen LogP contribution >= 0.6 is 0 Å². The summed E-state index contributed by atoms with van der Waals surface area (Å²) in [7, 11) is 0. The molecule has 0 N–H and O–H groups in total. The molecule has 1 fully saturated rings. The van der Waals surface area contributed by atoms with Crippen molar-refractivity contribution in [2.24, 2.45) is 11.8 Å². The zero-order valence-electron chi connectivity index (χ0n) is 12.0. The van der Waals surface area contributed by atoms with E-state index in [0.29, 0.717) is 23.1 Å². The fraction of sp³-hybridized carbons (Fsp3) is 0.500. The third-order valence-corrected chi connectivity index (χ3v) is 3.88. The van der Waals surface area contributed by atoms with Crippen LogP contribution in [0, 0.1) is 23.2 Å². The number of benzene rings is 1. The zero-order chi connectivity index (χ0) is 14.5. The van der Waals surface area contributed by atoms with Gasteiger partial charge in [-0.1, -0.05) is 26.0 Å². The Kier molecular flexibility index (Phi) is 4.62. The smallest absolute Gasteiger partial charge is 0.260 e. The lowest BCUT2D eigenvalue weighted by molar-refractivity contribution is -0.132. The van der Waals surface area contributed by atoms with Crippen LogP contribution in [0.5, 0.6) is 5.75 Å². The highest BCUT2D eigenvalue weighted by atomic mass is 16.5. The van der Waals surface area contributed by atoms with Crippen molar-refractivity contribution in [3.63, 3.8) is 0 Å². The second-order valence-electron chi connectivity index (χ2n) is 5.53. The summed E-state index contributed by atoms with van der Waals surface area (Å²) in [6.07, 6.45) is 1.07. The van der Waals surface area contributed by atoms with E-state index < -0.39 is 0 Å². The number of likely N-dealkylation sites (tertiary alicyclic amines) is 1. The molecule has 20 heavy (non-hydrogen) atoms. The molecule has 1 aromatic carbocycles. The Morgan fingerprint density at radius 3 is 2.90 bits per heavy atom. The molecular weight excluding hydrogens is 252 g/mol. The summed E-state index contributed by atoms with van der Waals surface area (Å²) in [5.74, 6) is 1.67. The molecule has 0 aromatic heterocycles. The summed E-state index contributed by atoms with van der Waals surface area (Å²) in [6.45, 7) is 6.02. The largest absolute Gasteiger partial charge is 0.482 e. The Morgan fingerprint density at radius 1 is 1.50 bits per heavy atom. The van der Waals surface area contributed by atoms with E-state index in [4.69, 9.17) is 10.00 Å². The van der Waals surface area contributed by atoms with Crippen molar-refractivity contribution in [2.45, 2.75) is 20.3 Å². The first-order chi connectivity index (χ1) is 9.61. The molecule has 2 rings (SSSR count). The predicted octanol–water partition coefficient (Wildman–Crippen LogP) is 2.44. The van der Waals surface area contributed by atoms with Crippen LogP contribution < -0.4 is 4.74 Å². The highest BCUT2D eigenvalue weighted by Crippen LogP contribution is 2.24. The van der Waals surface area contributed by atoms with Gasteiger partial charge in [-0.05, 0) is 30.4 Å². The number of amides is 1. The third kappa shape index (κ3) is 3.30. The first-order valence-electron chi connectivity index (χ1n) is 7.01. The lowest BCUT2D eigenvalue weighted by atomic mass is 9.95. The number of ether oxygens (including phenoxy) is 1. The number of rotatable bonds is 4. The maximum absolute atomic E-state index is 12.1. The molecule has 1 heterocycles. The summed E-state index contributed by atoms with van der Waals surface area (Å²) in [4.78, 5) is 14.0. The van der Waals surface area contributed by atoms with Crippen molar-refractivity contribution < 1.29 is 9.53 Å². The Balaban J connectivity index is 1.89.